The predicted octanol–water partition coefficient (Wildman–Crippen LogP) is 1.60. The van der Waals surface area contributed by atoms with E-state index < -0.39 is 28.7 Å². The van der Waals surface area contributed by atoms with Crippen LogP contribution in [-0.2, 0) is 9.59 Å². The zero-order valence-corrected chi connectivity index (χ0v) is 13.8. The lowest BCUT2D eigenvalue weighted by molar-refractivity contribution is -0.337. The summed E-state index contributed by atoms with van der Waals surface area (Å²) in [5.74, 6) is -3.86. The Balaban J connectivity index is 3.40. The van der Waals surface area contributed by atoms with Gasteiger partial charge in [-0.2, -0.15) is 0 Å². The Morgan fingerprint density at radius 2 is 1.73 bits per heavy atom. The zero-order chi connectivity index (χ0) is 16.8. The van der Waals surface area contributed by atoms with Crippen LogP contribution in [0.15, 0.2) is 24.3 Å². The SMILES string of the molecule is CCCCCC(CC)(CC)C1(C(=O)[O-])C=CC=CC1C(=O)[O-]. The molecule has 22 heavy (non-hydrogen) atoms. The highest BCUT2D eigenvalue weighted by Gasteiger charge is 2.53. The summed E-state index contributed by atoms with van der Waals surface area (Å²) < 4.78 is 0. The molecule has 0 aliphatic heterocycles. The molecule has 0 fully saturated rings. The van der Waals surface area contributed by atoms with Crippen LogP contribution >= 0.6 is 0 Å². The van der Waals surface area contributed by atoms with Gasteiger partial charge in [0.2, 0.25) is 0 Å². The Bertz CT molecular complexity index is 460. The minimum absolute atomic E-state index is 0.586. The maximum atomic E-state index is 12.1. The number of hydrogen-bond donors (Lipinski definition) is 0. The summed E-state index contributed by atoms with van der Waals surface area (Å²) in [5, 5.41) is 23.7. The summed E-state index contributed by atoms with van der Waals surface area (Å²) in [6.45, 7) is 5.94. The highest BCUT2D eigenvalue weighted by atomic mass is 16.4. The minimum atomic E-state index is -1.54. The van der Waals surface area contributed by atoms with Crippen molar-refractivity contribution in [3.63, 3.8) is 0 Å². The molecule has 0 saturated heterocycles. The second-order valence-electron chi connectivity index (χ2n) is 6.14. The van der Waals surface area contributed by atoms with E-state index in [0.29, 0.717) is 19.3 Å². The molecule has 0 heterocycles. The van der Waals surface area contributed by atoms with Crippen molar-refractivity contribution >= 4 is 11.9 Å². The average molecular weight is 306 g/mol. The standard InChI is InChI=1S/C18H28O4/c1-4-7-9-12-17(5-2,6-3)18(16(21)22)13-10-8-11-14(18)15(19)20/h8,10-11,13-14H,4-7,9,12H2,1-3H3,(H,19,20)(H,21,22)/p-2. The third-order valence-corrected chi connectivity index (χ3v) is 5.35. The number of allylic oxidation sites excluding steroid dienone is 2. The molecule has 1 aliphatic carbocycles. The van der Waals surface area contributed by atoms with Crippen LogP contribution in [0.4, 0.5) is 0 Å². The molecule has 1 rings (SSSR count). The summed E-state index contributed by atoms with van der Waals surface area (Å²) in [5.41, 5.74) is -2.19. The average Bonchev–Trinajstić information content (AvgIpc) is 2.51. The van der Waals surface area contributed by atoms with Crippen molar-refractivity contribution in [3.8, 4) is 0 Å². The molecule has 2 unspecified atom stereocenters. The van der Waals surface area contributed by atoms with Gasteiger partial charge in [-0.3, -0.25) is 0 Å². The number of hydrogen-bond acceptors (Lipinski definition) is 4. The Hall–Kier alpha value is -1.58. The maximum absolute atomic E-state index is 12.1. The molecule has 1 aliphatic rings. The molecule has 2 atom stereocenters. The van der Waals surface area contributed by atoms with Gasteiger partial charge in [-0.25, -0.2) is 0 Å². The monoisotopic (exact) mass is 306 g/mol. The van der Waals surface area contributed by atoms with Crippen molar-refractivity contribution in [2.75, 3.05) is 0 Å². The summed E-state index contributed by atoms with van der Waals surface area (Å²) in [4.78, 5) is 23.7. The van der Waals surface area contributed by atoms with E-state index in [2.05, 4.69) is 6.92 Å². The van der Waals surface area contributed by atoms with Crippen LogP contribution in [0, 0.1) is 16.7 Å². The van der Waals surface area contributed by atoms with Crippen molar-refractivity contribution in [3.05, 3.63) is 24.3 Å². The van der Waals surface area contributed by atoms with Gasteiger partial charge in [0.05, 0.1) is 5.97 Å². The Kier molecular flexibility index (Phi) is 6.39. The van der Waals surface area contributed by atoms with E-state index in [4.69, 9.17) is 0 Å². The molecule has 0 aromatic carbocycles. The summed E-state index contributed by atoms with van der Waals surface area (Å²) in [6, 6.07) is 0. The van der Waals surface area contributed by atoms with Gasteiger partial charge in [-0.05, 0) is 24.7 Å². The molecular formula is C18H26O4-2. The molecule has 124 valence electrons. The Morgan fingerprint density at radius 3 is 2.18 bits per heavy atom. The fraction of sp³-hybridized carbons (Fsp3) is 0.667. The van der Waals surface area contributed by atoms with Crippen LogP contribution in [0.5, 0.6) is 0 Å². The second kappa shape index (κ2) is 7.61. The van der Waals surface area contributed by atoms with E-state index in [9.17, 15) is 19.8 Å². The number of carbonyl (C=O) groups excluding carboxylic acids is 2. The Morgan fingerprint density at radius 1 is 1.09 bits per heavy atom. The third-order valence-electron chi connectivity index (χ3n) is 5.35. The van der Waals surface area contributed by atoms with E-state index in [0.717, 1.165) is 19.3 Å². The second-order valence-corrected chi connectivity index (χ2v) is 6.14. The first-order valence-corrected chi connectivity index (χ1v) is 8.20. The molecule has 4 nitrogen and oxygen atoms in total. The quantitative estimate of drug-likeness (QED) is 0.606. The lowest BCUT2D eigenvalue weighted by atomic mass is 9.52. The number of aliphatic carboxylic acids is 2. The van der Waals surface area contributed by atoms with Crippen LogP contribution in [-0.4, -0.2) is 11.9 Å². The van der Waals surface area contributed by atoms with E-state index in [1.54, 1.807) is 12.2 Å². The fourth-order valence-electron chi connectivity index (χ4n) is 3.93. The van der Waals surface area contributed by atoms with Gasteiger partial charge in [-0.15, -0.1) is 0 Å². The number of carbonyl (C=O) groups is 2. The summed E-state index contributed by atoms with van der Waals surface area (Å²) in [6.07, 6.45) is 10.9. The summed E-state index contributed by atoms with van der Waals surface area (Å²) >= 11 is 0. The zero-order valence-electron chi connectivity index (χ0n) is 13.8. The van der Waals surface area contributed by atoms with Gasteiger partial charge >= 0.3 is 0 Å². The number of rotatable bonds is 9. The van der Waals surface area contributed by atoms with Gasteiger partial charge in [0, 0.05) is 17.3 Å². The molecule has 0 amide bonds. The molecule has 0 aromatic rings. The molecule has 0 N–H and O–H groups in total. The lowest BCUT2D eigenvalue weighted by Crippen LogP contribution is -2.60. The van der Waals surface area contributed by atoms with Crippen LogP contribution < -0.4 is 10.2 Å². The van der Waals surface area contributed by atoms with Crippen molar-refractivity contribution < 1.29 is 19.8 Å². The molecule has 0 aromatic heterocycles. The maximum Gasteiger partial charge on any atom is 0.0529 e. The van der Waals surface area contributed by atoms with E-state index in [1.807, 2.05) is 13.8 Å². The van der Waals surface area contributed by atoms with Crippen molar-refractivity contribution in [1.29, 1.82) is 0 Å². The van der Waals surface area contributed by atoms with Gasteiger partial charge in [0.1, 0.15) is 0 Å². The number of carboxylic acid groups (broad SMARTS) is 2. The Labute approximate surface area is 132 Å². The van der Waals surface area contributed by atoms with Crippen molar-refractivity contribution in [2.24, 2.45) is 16.7 Å². The van der Waals surface area contributed by atoms with Crippen LogP contribution in [0.1, 0.15) is 59.3 Å². The van der Waals surface area contributed by atoms with Gasteiger partial charge in [0.15, 0.2) is 0 Å². The van der Waals surface area contributed by atoms with E-state index in [-0.39, 0.29) is 0 Å². The topological polar surface area (TPSA) is 80.3 Å². The van der Waals surface area contributed by atoms with Crippen LogP contribution in [0.3, 0.4) is 0 Å². The van der Waals surface area contributed by atoms with Crippen molar-refractivity contribution in [2.45, 2.75) is 59.3 Å². The molecule has 0 saturated carbocycles. The van der Waals surface area contributed by atoms with E-state index >= 15 is 0 Å². The van der Waals surface area contributed by atoms with Crippen LogP contribution in [0.2, 0.25) is 0 Å². The first kappa shape index (κ1) is 18.5. The first-order valence-electron chi connectivity index (χ1n) is 8.20. The minimum Gasteiger partial charge on any atom is -0.549 e. The summed E-state index contributed by atoms with van der Waals surface area (Å²) in [7, 11) is 0. The van der Waals surface area contributed by atoms with Gasteiger partial charge in [0.25, 0.3) is 0 Å². The molecule has 0 spiro atoms. The van der Waals surface area contributed by atoms with Gasteiger partial charge < -0.3 is 19.8 Å². The van der Waals surface area contributed by atoms with Crippen LogP contribution in [0.25, 0.3) is 0 Å². The molecular weight excluding hydrogens is 280 g/mol. The van der Waals surface area contributed by atoms with Gasteiger partial charge in [-0.1, -0.05) is 64.3 Å². The normalized spacial score (nSPS) is 24.4. The smallest absolute Gasteiger partial charge is 0.0529 e. The predicted molar refractivity (Wildman–Crippen MR) is 81.4 cm³/mol. The number of unbranched alkanes of at least 4 members (excludes halogenated alkanes) is 2. The third kappa shape index (κ3) is 2.96. The number of carboxylic acids is 2. The highest BCUT2D eigenvalue weighted by molar-refractivity contribution is 5.86. The fourth-order valence-corrected chi connectivity index (χ4v) is 3.93. The molecule has 0 radical (unpaired) electrons. The lowest BCUT2D eigenvalue weighted by Gasteiger charge is -2.54. The highest BCUT2D eigenvalue weighted by Crippen LogP contribution is 2.55. The first-order chi connectivity index (χ1) is 10.4. The van der Waals surface area contributed by atoms with E-state index in [1.165, 1.54) is 12.2 Å². The molecule has 4 heteroatoms. The molecule has 0 bridgehead atoms. The van der Waals surface area contributed by atoms with Crippen molar-refractivity contribution in [1.82, 2.24) is 0 Å². The largest absolute Gasteiger partial charge is 0.549 e.